The van der Waals surface area contributed by atoms with Crippen LogP contribution >= 0.6 is 11.3 Å². The predicted octanol–water partition coefficient (Wildman–Crippen LogP) is 5.04. The molecule has 0 atom stereocenters. The molecule has 4 aromatic rings. The molecule has 0 aliphatic carbocycles. The van der Waals surface area contributed by atoms with Crippen molar-refractivity contribution in [1.82, 2.24) is 9.55 Å². The lowest BCUT2D eigenvalue weighted by atomic mass is 10.1. The smallest absolute Gasteiger partial charge is 0.262 e. The molecular weight excluding hydrogens is 406 g/mol. The van der Waals surface area contributed by atoms with Crippen LogP contribution in [0.1, 0.15) is 12.0 Å². The number of benzene rings is 2. The highest BCUT2D eigenvalue weighted by Crippen LogP contribution is 2.30. The van der Waals surface area contributed by atoms with E-state index in [-0.39, 0.29) is 24.4 Å². The lowest BCUT2D eigenvalue weighted by Gasteiger charge is -2.21. The van der Waals surface area contributed by atoms with Gasteiger partial charge in [0.05, 0.1) is 11.7 Å². The third-order valence-corrected chi connectivity index (χ3v) is 6.06. The van der Waals surface area contributed by atoms with Gasteiger partial charge in [-0.1, -0.05) is 54.1 Å². The zero-order chi connectivity index (χ0) is 21.8. The molecular formula is C25H23N3O2S. The maximum absolute atomic E-state index is 13.2. The first-order chi connectivity index (χ1) is 15.1. The number of hydrogen-bond acceptors (Lipinski definition) is 4. The quantitative estimate of drug-likeness (QED) is 0.387. The Morgan fingerprint density at radius 1 is 1.16 bits per heavy atom. The van der Waals surface area contributed by atoms with Gasteiger partial charge in [-0.3, -0.25) is 14.2 Å². The van der Waals surface area contributed by atoms with Gasteiger partial charge in [0.2, 0.25) is 5.91 Å². The Morgan fingerprint density at radius 2 is 1.90 bits per heavy atom. The van der Waals surface area contributed by atoms with Crippen molar-refractivity contribution < 1.29 is 4.79 Å². The molecule has 0 unspecified atom stereocenters. The Balaban J connectivity index is 1.60. The third kappa shape index (κ3) is 4.34. The molecule has 0 aliphatic rings. The zero-order valence-corrected chi connectivity index (χ0v) is 18.1. The van der Waals surface area contributed by atoms with Crippen LogP contribution in [0.3, 0.4) is 0 Å². The molecule has 4 rings (SSSR count). The van der Waals surface area contributed by atoms with E-state index >= 15 is 0 Å². The first-order valence-electron chi connectivity index (χ1n) is 10.1. The van der Waals surface area contributed by atoms with Crippen LogP contribution in [0.15, 0.2) is 83.8 Å². The molecule has 0 bridgehead atoms. The van der Waals surface area contributed by atoms with Gasteiger partial charge in [0.1, 0.15) is 4.83 Å². The van der Waals surface area contributed by atoms with Gasteiger partial charge in [0, 0.05) is 36.1 Å². The summed E-state index contributed by atoms with van der Waals surface area (Å²) in [6, 6.07) is 17.6. The number of nitrogens with zero attached hydrogens (tertiary/aromatic N) is 3. The number of hydrogen-bond donors (Lipinski definition) is 0. The largest absolute Gasteiger partial charge is 0.309 e. The van der Waals surface area contributed by atoms with Crippen molar-refractivity contribution in [1.29, 1.82) is 0 Å². The summed E-state index contributed by atoms with van der Waals surface area (Å²) in [5.74, 6) is -0.0674. The molecule has 0 saturated carbocycles. The number of fused-ring (bicyclic) bond motifs is 1. The fraction of sp³-hybridized carbons (Fsp3) is 0.160. The molecule has 6 heteroatoms. The second-order valence-electron chi connectivity index (χ2n) is 7.32. The van der Waals surface area contributed by atoms with Crippen molar-refractivity contribution in [3.8, 4) is 11.1 Å². The monoisotopic (exact) mass is 429 g/mol. The van der Waals surface area contributed by atoms with Gasteiger partial charge in [0.25, 0.3) is 5.56 Å². The lowest BCUT2D eigenvalue weighted by molar-refractivity contribution is -0.118. The van der Waals surface area contributed by atoms with Crippen LogP contribution in [0.4, 0.5) is 5.69 Å². The van der Waals surface area contributed by atoms with Crippen LogP contribution in [0.25, 0.3) is 21.3 Å². The number of carbonyl (C=O) groups excluding carboxylic acids is 1. The number of rotatable bonds is 7. The molecule has 0 radical (unpaired) electrons. The van der Waals surface area contributed by atoms with E-state index in [0.29, 0.717) is 16.8 Å². The summed E-state index contributed by atoms with van der Waals surface area (Å²) in [5, 5.41) is 2.58. The Hall–Kier alpha value is -3.51. The van der Waals surface area contributed by atoms with E-state index in [4.69, 9.17) is 0 Å². The SMILES string of the molecule is C=CCN(C(=O)CCn1cnc2scc(-c3ccc(C)cc3)c2c1=O)c1ccccc1. The molecule has 0 aliphatic heterocycles. The highest BCUT2D eigenvalue weighted by atomic mass is 32.1. The molecule has 156 valence electrons. The molecule has 0 saturated heterocycles. The third-order valence-electron chi connectivity index (χ3n) is 5.17. The summed E-state index contributed by atoms with van der Waals surface area (Å²) in [4.78, 5) is 33.0. The molecule has 2 aromatic heterocycles. The zero-order valence-electron chi connectivity index (χ0n) is 17.3. The summed E-state index contributed by atoms with van der Waals surface area (Å²) in [5.41, 5.74) is 3.74. The lowest BCUT2D eigenvalue weighted by Crippen LogP contribution is -2.32. The molecule has 31 heavy (non-hydrogen) atoms. The first kappa shape index (κ1) is 20.8. The number of anilines is 1. The maximum Gasteiger partial charge on any atom is 0.262 e. The Labute approximate surface area is 184 Å². The van der Waals surface area contributed by atoms with E-state index in [0.717, 1.165) is 16.8 Å². The van der Waals surface area contributed by atoms with Crippen LogP contribution in [-0.2, 0) is 11.3 Å². The summed E-state index contributed by atoms with van der Waals surface area (Å²) < 4.78 is 1.53. The predicted molar refractivity (Wildman–Crippen MR) is 128 cm³/mol. The van der Waals surface area contributed by atoms with E-state index in [1.165, 1.54) is 27.8 Å². The number of thiophene rings is 1. The van der Waals surface area contributed by atoms with Crippen molar-refractivity contribution in [2.24, 2.45) is 0 Å². The summed E-state index contributed by atoms with van der Waals surface area (Å²) in [7, 11) is 0. The fourth-order valence-corrected chi connectivity index (χ4v) is 4.42. The minimum absolute atomic E-state index is 0.0674. The van der Waals surface area contributed by atoms with Gasteiger partial charge < -0.3 is 4.90 Å². The Bertz CT molecular complexity index is 1270. The van der Waals surface area contributed by atoms with Gasteiger partial charge in [-0.15, -0.1) is 17.9 Å². The van der Waals surface area contributed by atoms with Crippen LogP contribution in [-0.4, -0.2) is 22.0 Å². The molecule has 5 nitrogen and oxygen atoms in total. The first-order valence-corrected chi connectivity index (χ1v) is 11.0. The highest BCUT2D eigenvalue weighted by Gasteiger charge is 2.17. The van der Waals surface area contributed by atoms with Crippen molar-refractivity contribution in [3.05, 3.63) is 94.9 Å². The number of aryl methyl sites for hydroxylation is 2. The summed E-state index contributed by atoms with van der Waals surface area (Å²) in [6.07, 6.45) is 3.43. The van der Waals surface area contributed by atoms with Gasteiger partial charge in [-0.2, -0.15) is 0 Å². The summed E-state index contributed by atoms with van der Waals surface area (Å²) in [6.45, 7) is 6.47. The number of aromatic nitrogens is 2. The molecule has 2 aromatic carbocycles. The van der Waals surface area contributed by atoms with Gasteiger partial charge in [0.15, 0.2) is 0 Å². The molecule has 0 spiro atoms. The number of para-hydroxylation sites is 1. The average molecular weight is 430 g/mol. The standard InChI is InChI=1S/C25H23N3O2S/c1-3-14-28(20-7-5-4-6-8-20)22(29)13-15-27-17-26-24-23(25(27)30)21(16-31-24)19-11-9-18(2)10-12-19/h3-12,16-17H,1,13-15H2,2H3. The number of carbonyl (C=O) groups is 1. The number of amides is 1. The second-order valence-corrected chi connectivity index (χ2v) is 8.18. The average Bonchev–Trinajstić information content (AvgIpc) is 3.23. The molecule has 1 amide bonds. The van der Waals surface area contributed by atoms with E-state index in [1.54, 1.807) is 11.0 Å². The van der Waals surface area contributed by atoms with Crippen molar-refractivity contribution >= 4 is 33.1 Å². The van der Waals surface area contributed by atoms with Crippen molar-refractivity contribution in [2.45, 2.75) is 19.9 Å². The van der Waals surface area contributed by atoms with E-state index in [9.17, 15) is 9.59 Å². The fourth-order valence-electron chi connectivity index (χ4n) is 3.51. The molecule has 0 N–H and O–H groups in total. The topological polar surface area (TPSA) is 55.2 Å². The van der Waals surface area contributed by atoms with Gasteiger partial charge in [-0.05, 0) is 24.6 Å². The molecule has 2 heterocycles. The Kier molecular flexibility index (Phi) is 6.09. The van der Waals surface area contributed by atoms with Crippen LogP contribution in [0.2, 0.25) is 0 Å². The minimum Gasteiger partial charge on any atom is -0.309 e. The maximum atomic E-state index is 13.2. The van der Waals surface area contributed by atoms with Gasteiger partial charge >= 0.3 is 0 Å². The second kappa shape index (κ2) is 9.10. The minimum atomic E-state index is -0.121. The van der Waals surface area contributed by atoms with Crippen molar-refractivity contribution in [3.63, 3.8) is 0 Å². The van der Waals surface area contributed by atoms with Crippen LogP contribution in [0.5, 0.6) is 0 Å². The van der Waals surface area contributed by atoms with E-state index < -0.39 is 0 Å². The van der Waals surface area contributed by atoms with Crippen LogP contribution in [0, 0.1) is 6.92 Å². The normalized spacial score (nSPS) is 10.9. The van der Waals surface area contributed by atoms with Crippen molar-refractivity contribution in [2.75, 3.05) is 11.4 Å². The van der Waals surface area contributed by atoms with E-state index in [2.05, 4.69) is 11.6 Å². The van der Waals surface area contributed by atoms with E-state index in [1.807, 2.05) is 66.9 Å². The highest BCUT2D eigenvalue weighted by molar-refractivity contribution is 7.17. The molecule has 0 fully saturated rings. The Morgan fingerprint density at radius 3 is 2.61 bits per heavy atom. The summed E-state index contributed by atoms with van der Waals surface area (Å²) >= 11 is 1.46. The van der Waals surface area contributed by atoms with Gasteiger partial charge in [-0.25, -0.2) is 4.98 Å². The van der Waals surface area contributed by atoms with Crippen LogP contribution < -0.4 is 10.5 Å².